The number of amides is 4. The van der Waals surface area contributed by atoms with Crippen LogP contribution in [-0.2, 0) is 30.4 Å². The highest BCUT2D eigenvalue weighted by atomic mass is 32.1. The number of rotatable bonds is 17. The first-order valence-electron chi connectivity index (χ1n) is 11.8. The average Bonchev–Trinajstić information content (AvgIpc) is 2.86. The van der Waals surface area contributed by atoms with Crippen molar-refractivity contribution in [1.29, 1.82) is 0 Å². The predicted octanol–water partition coefficient (Wildman–Crippen LogP) is -2.66. The summed E-state index contributed by atoms with van der Waals surface area (Å²) >= 11 is 3.95. The molecule has 12 N–H and O–H groups in total. The summed E-state index contributed by atoms with van der Waals surface area (Å²) in [6.07, 6.45) is 0.284. The number of aliphatic carboxylic acids is 1. The number of nitrogens with two attached hydrogens (primary N) is 4. The first-order valence-corrected chi connectivity index (χ1v) is 12.5. The molecule has 0 fully saturated rings. The van der Waals surface area contributed by atoms with E-state index in [0.717, 1.165) is 0 Å². The van der Waals surface area contributed by atoms with E-state index in [1.54, 1.807) is 30.3 Å². The van der Waals surface area contributed by atoms with Crippen LogP contribution in [0.25, 0.3) is 0 Å². The van der Waals surface area contributed by atoms with Crippen LogP contribution >= 0.6 is 12.6 Å². The molecule has 4 amide bonds. The molecule has 0 aliphatic rings. The zero-order valence-corrected chi connectivity index (χ0v) is 21.7. The van der Waals surface area contributed by atoms with Gasteiger partial charge in [0.25, 0.3) is 0 Å². The van der Waals surface area contributed by atoms with Crippen molar-refractivity contribution in [1.82, 2.24) is 16.0 Å². The molecule has 0 aromatic heterocycles. The Morgan fingerprint density at radius 1 is 0.868 bits per heavy atom. The quantitative estimate of drug-likeness (QED) is 0.0422. The largest absolute Gasteiger partial charge is 0.480 e. The summed E-state index contributed by atoms with van der Waals surface area (Å²) in [6.45, 7) is 0.172. The van der Waals surface area contributed by atoms with Gasteiger partial charge in [-0.05, 0) is 24.8 Å². The molecule has 0 heterocycles. The number of hydrogen-bond donors (Lipinski definition) is 9. The van der Waals surface area contributed by atoms with Gasteiger partial charge in [-0.15, -0.1) is 0 Å². The van der Waals surface area contributed by atoms with E-state index in [2.05, 4.69) is 33.6 Å². The van der Waals surface area contributed by atoms with Gasteiger partial charge in [0.2, 0.25) is 23.6 Å². The van der Waals surface area contributed by atoms with Crippen molar-refractivity contribution in [2.24, 2.45) is 27.9 Å². The van der Waals surface area contributed by atoms with E-state index in [9.17, 15) is 29.1 Å². The number of hydrogen-bond acceptors (Lipinski definition) is 8. The van der Waals surface area contributed by atoms with Gasteiger partial charge in [0, 0.05) is 25.1 Å². The Morgan fingerprint density at radius 3 is 2.00 bits per heavy atom. The first-order chi connectivity index (χ1) is 17.9. The third-order valence-corrected chi connectivity index (χ3v) is 5.69. The van der Waals surface area contributed by atoms with Gasteiger partial charge in [0.1, 0.15) is 18.1 Å². The number of carboxylic acid groups (broad SMARTS) is 1. The van der Waals surface area contributed by atoms with Crippen molar-refractivity contribution >= 4 is 48.2 Å². The van der Waals surface area contributed by atoms with Gasteiger partial charge in [-0.1, -0.05) is 30.3 Å². The number of thiol groups is 1. The minimum Gasteiger partial charge on any atom is -0.480 e. The van der Waals surface area contributed by atoms with Crippen molar-refractivity contribution < 1.29 is 29.1 Å². The summed E-state index contributed by atoms with van der Waals surface area (Å²) in [4.78, 5) is 65.1. The molecule has 0 radical (unpaired) electrons. The lowest BCUT2D eigenvalue weighted by Gasteiger charge is -2.25. The number of guanidine groups is 1. The third-order valence-electron chi connectivity index (χ3n) is 5.33. The second kappa shape index (κ2) is 16.8. The molecule has 0 aliphatic heterocycles. The molecule has 0 spiro atoms. The van der Waals surface area contributed by atoms with Crippen LogP contribution in [0.4, 0.5) is 0 Å². The zero-order valence-electron chi connectivity index (χ0n) is 20.8. The lowest BCUT2D eigenvalue weighted by molar-refractivity contribution is -0.141. The second-order valence-corrected chi connectivity index (χ2v) is 8.82. The van der Waals surface area contributed by atoms with Gasteiger partial charge < -0.3 is 44.0 Å². The predicted molar refractivity (Wildman–Crippen MR) is 144 cm³/mol. The fraction of sp³-hybridized carbons (Fsp3) is 0.478. The number of primary amides is 1. The van der Waals surface area contributed by atoms with Crippen LogP contribution in [0.5, 0.6) is 0 Å². The summed E-state index contributed by atoms with van der Waals surface area (Å²) in [6, 6.07) is 4.07. The average molecular weight is 553 g/mol. The normalized spacial score (nSPS) is 13.7. The highest BCUT2D eigenvalue weighted by Gasteiger charge is 2.30. The van der Waals surface area contributed by atoms with E-state index in [0.29, 0.717) is 12.0 Å². The Labute approximate surface area is 225 Å². The van der Waals surface area contributed by atoms with Crippen LogP contribution in [0.2, 0.25) is 0 Å². The molecule has 1 aromatic rings. The Morgan fingerprint density at radius 2 is 1.45 bits per heavy atom. The number of benzene rings is 1. The van der Waals surface area contributed by atoms with Crippen molar-refractivity contribution in [3.05, 3.63) is 35.9 Å². The fourth-order valence-corrected chi connectivity index (χ4v) is 3.52. The van der Waals surface area contributed by atoms with Crippen molar-refractivity contribution in [3.8, 4) is 0 Å². The van der Waals surface area contributed by atoms with Crippen LogP contribution in [0, 0.1) is 0 Å². The minimum absolute atomic E-state index is 0.0250. The maximum absolute atomic E-state index is 13.3. The molecule has 4 unspecified atom stereocenters. The minimum atomic E-state index is -1.28. The Bertz CT molecular complexity index is 989. The van der Waals surface area contributed by atoms with Gasteiger partial charge in [-0.25, -0.2) is 4.79 Å². The Kier molecular flexibility index (Phi) is 14.2. The van der Waals surface area contributed by atoms with E-state index in [1.807, 2.05) is 0 Å². The zero-order chi connectivity index (χ0) is 28.7. The van der Waals surface area contributed by atoms with Crippen molar-refractivity contribution in [2.45, 2.75) is 56.3 Å². The molecular weight excluding hydrogens is 516 g/mol. The molecule has 4 atom stereocenters. The SMILES string of the molecule is NC(=O)CCC(N)C(=O)NC(CCCN=C(N)N)C(=O)NC(Cc1ccccc1)C(=O)NC(CS)C(=O)O. The summed E-state index contributed by atoms with van der Waals surface area (Å²) in [5.74, 6) is -4.37. The lowest BCUT2D eigenvalue weighted by atomic mass is 10.0. The molecule has 14 nitrogen and oxygen atoms in total. The molecule has 15 heteroatoms. The number of carbonyl (C=O) groups excluding carboxylic acids is 4. The topological polar surface area (TPSA) is 258 Å². The van der Waals surface area contributed by atoms with E-state index < -0.39 is 53.8 Å². The molecule has 210 valence electrons. The van der Waals surface area contributed by atoms with Gasteiger partial charge in [-0.3, -0.25) is 24.2 Å². The number of nitrogens with zero attached hydrogens (tertiary/aromatic N) is 1. The maximum Gasteiger partial charge on any atom is 0.327 e. The van der Waals surface area contributed by atoms with Crippen LogP contribution in [-0.4, -0.2) is 77.1 Å². The fourth-order valence-electron chi connectivity index (χ4n) is 3.27. The van der Waals surface area contributed by atoms with E-state index in [1.165, 1.54) is 0 Å². The van der Waals surface area contributed by atoms with E-state index in [4.69, 9.17) is 22.9 Å². The Balaban J connectivity index is 3.10. The molecule has 38 heavy (non-hydrogen) atoms. The van der Waals surface area contributed by atoms with Gasteiger partial charge in [0.15, 0.2) is 5.96 Å². The van der Waals surface area contributed by atoms with Crippen LogP contribution in [0.1, 0.15) is 31.2 Å². The monoisotopic (exact) mass is 552 g/mol. The number of aliphatic imine (C=N–C) groups is 1. The smallest absolute Gasteiger partial charge is 0.327 e. The maximum atomic E-state index is 13.3. The van der Waals surface area contributed by atoms with Gasteiger partial charge >= 0.3 is 5.97 Å². The molecule has 1 rings (SSSR count). The van der Waals surface area contributed by atoms with Gasteiger partial charge in [0.05, 0.1) is 6.04 Å². The summed E-state index contributed by atoms with van der Waals surface area (Å²) in [5.41, 5.74) is 22.3. The first kappa shape index (κ1) is 32.2. The highest BCUT2D eigenvalue weighted by molar-refractivity contribution is 7.80. The molecule has 0 saturated carbocycles. The number of carbonyl (C=O) groups is 5. The van der Waals surface area contributed by atoms with Crippen molar-refractivity contribution in [3.63, 3.8) is 0 Å². The Hall–Kier alpha value is -3.85. The van der Waals surface area contributed by atoms with E-state index >= 15 is 0 Å². The second-order valence-electron chi connectivity index (χ2n) is 8.45. The van der Waals surface area contributed by atoms with E-state index in [-0.39, 0.29) is 43.9 Å². The standard InChI is InChI=1S/C23H36N8O6S/c24-14(8-9-18(25)32)19(33)29-15(7-4-10-28-23(26)27)20(34)30-16(11-13-5-2-1-3-6-13)21(35)31-17(12-38)22(36)37/h1-3,5-6,14-17,38H,4,7-12,24H2,(H2,25,32)(H,29,33)(H,30,34)(H,31,35)(H,36,37)(H4,26,27,28). The molecule has 0 aliphatic carbocycles. The van der Waals surface area contributed by atoms with Crippen LogP contribution in [0.15, 0.2) is 35.3 Å². The molecule has 0 saturated heterocycles. The number of carboxylic acids is 1. The lowest BCUT2D eigenvalue weighted by Crippen LogP contribution is -2.57. The van der Waals surface area contributed by atoms with Crippen molar-refractivity contribution in [2.75, 3.05) is 12.3 Å². The third kappa shape index (κ3) is 12.4. The summed E-state index contributed by atoms with van der Waals surface area (Å²) in [5, 5.41) is 16.8. The summed E-state index contributed by atoms with van der Waals surface area (Å²) < 4.78 is 0. The molecule has 1 aromatic carbocycles. The molecule has 0 bridgehead atoms. The molecular formula is C23H36N8O6S. The van der Waals surface area contributed by atoms with Gasteiger partial charge in [-0.2, -0.15) is 12.6 Å². The van der Waals surface area contributed by atoms with Crippen LogP contribution < -0.4 is 38.9 Å². The van der Waals surface area contributed by atoms with Crippen LogP contribution in [0.3, 0.4) is 0 Å². The summed E-state index contributed by atoms with van der Waals surface area (Å²) in [7, 11) is 0. The highest BCUT2D eigenvalue weighted by Crippen LogP contribution is 2.07. The number of nitrogens with one attached hydrogen (secondary N) is 3.